The van der Waals surface area contributed by atoms with Gasteiger partial charge in [0.15, 0.2) is 9.84 Å². The SMILES string of the molecule is Cc1cc(SCC(=O)N(C2CCCC2)[C@H]2CCS(=O)(=O)C2)nc2ccccc12. The summed E-state index contributed by atoms with van der Waals surface area (Å²) in [6.45, 7) is 2.06. The Kier molecular flexibility index (Phi) is 5.65. The first kappa shape index (κ1) is 19.7. The van der Waals surface area contributed by atoms with Crippen LogP contribution in [-0.2, 0) is 14.6 Å². The standard InChI is InChI=1S/C21H26N2O3S2/c1-15-12-20(22-19-9-5-4-8-18(15)19)27-13-21(24)23(16-6-2-3-7-16)17-10-11-28(25,26)14-17/h4-5,8-9,12,16-17H,2-3,6-7,10-11,13-14H2,1H3/t17-/m0/s1. The fourth-order valence-electron chi connectivity index (χ4n) is 4.49. The van der Waals surface area contributed by atoms with Crippen molar-refractivity contribution in [2.75, 3.05) is 17.3 Å². The number of hydrogen-bond acceptors (Lipinski definition) is 5. The van der Waals surface area contributed by atoms with E-state index in [0.29, 0.717) is 12.2 Å². The average molecular weight is 419 g/mol. The van der Waals surface area contributed by atoms with E-state index in [0.717, 1.165) is 47.2 Å². The van der Waals surface area contributed by atoms with E-state index >= 15 is 0 Å². The molecule has 1 atom stereocenters. The van der Waals surface area contributed by atoms with E-state index < -0.39 is 9.84 Å². The summed E-state index contributed by atoms with van der Waals surface area (Å²) in [6, 6.07) is 10.1. The number of benzene rings is 1. The van der Waals surface area contributed by atoms with Crippen LogP contribution in [0.1, 0.15) is 37.7 Å². The molecular formula is C21H26N2O3S2. The van der Waals surface area contributed by atoms with Crippen LogP contribution in [-0.4, -0.2) is 53.6 Å². The molecule has 5 nitrogen and oxygen atoms in total. The van der Waals surface area contributed by atoms with Crippen molar-refractivity contribution in [3.8, 4) is 0 Å². The maximum Gasteiger partial charge on any atom is 0.233 e. The van der Waals surface area contributed by atoms with Crippen molar-refractivity contribution >= 4 is 38.4 Å². The van der Waals surface area contributed by atoms with Gasteiger partial charge in [-0.25, -0.2) is 13.4 Å². The normalized spacial score (nSPS) is 22.0. The molecule has 4 rings (SSSR count). The van der Waals surface area contributed by atoms with Gasteiger partial charge < -0.3 is 4.90 Å². The molecule has 1 aromatic heterocycles. The second-order valence-electron chi connectivity index (χ2n) is 7.88. The van der Waals surface area contributed by atoms with Crippen molar-refractivity contribution in [3.05, 3.63) is 35.9 Å². The summed E-state index contributed by atoms with van der Waals surface area (Å²) >= 11 is 1.45. The quantitative estimate of drug-likeness (QED) is 0.694. The van der Waals surface area contributed by atoms with Crippen molar-refractivity contribution in [2.24, 2.45) is 0 Å². The molecule has 1 aliphatic heterocycles. The first-order chi connectivity index (χ1) is 13.4. The third-order valence-corrected chi connectivity index (χ3v) is 8.50. The van der Waals surface area contributed by atoms with Gasteiger partial charge in [0, 0.05) is 17.5 Å². The molecule has 28 heavy (non-hydrogen) atoms. The van der Waals surface area contributed by atoms with Crippen LogP contribution in [0.25, 0.3) is 10.9 Å². The van der Waals surface area contributed by atoms with Crippen LogP contribution >= 0.6 is 11.8 Å². The minimum Gasteiger partial charge on any atom is -0.335 e. The van der Waals surface area contributed by atoms with E-state index in [2.05, 4.69) is 18.0 Å². The molecule has 2 fully saturated rings. The third-order valence-electron chi connectivity index (χ3n) is 5.85. The van der Waals surface area contributed by atoms with Crippen molar-refractivity contribution in [1.82, 2.24) is 9.88 Å². The van der Waals surface area contributed by atoms with E-state index in [9.17, 15) is 13.2 Å². The number of hydrogen-bond donors (Lipinski definition) is 0. The predicted octanol–water partition coefficient (Wildman–Crippen LogP) is 3.59. The number of thioether (sulfide) groups is 1. The number of rotatable bonds is 5. The summed E-state index contributed by atoms with van der Waals surface area (Å²) in [5.41, 5.74) is 2.09. The first-order valence-corrected chi connectivity index (χ1v) is 12.7. The summed E-state index contributed by atoms with van der Waals surface area (Å²) < 4.78 is 23.9. The van der Waals surface area contributed by atoms with Gasteiger partial charge >= 0.3 is 0 Å². The Morgan fingerprint density at radius 3 is 2.64 bits per heavy atom. The lowest BCUT2D eigenvalue weighted by molar-refractivity contribution is -0.132. The highest BCUT2D eigenvalue weighted by Crippen LogP contribution is 2.31. The number of aryl methyl sites for hydroxylation is 1. The molecular weight excluding hydrogens is 392 g/mol. The van der Waals surface area contributed by atoms with Crippen LogP contribution in [0.3, 0.4) is 0 Å². The summed E-state index contributed by atoms with van der Waals surface area (Å²) in [5.74, 6) is 0.671. The molecule has 0 unspecified atom stereocenters. The summed E-state index contributed by atoms with van der Waals surface area (Å²) in [5, 5.41) is 1.97. The molecule has 0 spiro atoms. The van der Waals surface area contributed by atoms with Crippen LogP contribution in [0.15, 0.2) is 35.4 Å². The van der Waals surface area contributed by atoms with E-state index in [-0.39, 0.29) is 29.5 Å². The smallest absolute Gasteiger partial charge is 0.233 e. The molecule has 2 aliphatic rings. The number of para-hydroxylation sites is 1. The zero-order valence-corrected chi connectivity index (χ0v) is 17.8. The monoisotopic (exact) mass is 418 g/mol. The molecule has 0 bridgehead atoms. The second-order valence-corrected chi connectivity index (χ2v) is 11.1. The minimum absolute atomic E-state index is 0.0478. The predicted molar refractivity (Wildman–Crippen MR) is 113 cm³/mol. The van der Waals surface area contributed by atoms with Gasteiger partial charge in [-0.2, -0.15) is 0 Å². The Morgan fingerprint density at radius 1 is 1.18 bits per heavy atom. The van der Waals surface area contributed by atoms with Gasteiger partial charge in [-0.15, -0.1) is 0 Å². The van der Waals surface area contributed by atoms with Gasteiger partial charge in [0.2, 0.25) is 5.91 Å². The molecule has 1 aliphatic carbocycles. The van der Waals surface area contributed by atoms with Gasteiger partial charge in [-0.3, -0.25) is 4.79 Å². The maximum absolute atomic E-state index is 13.1. The lowest BCUT2D eigenvalue weighted by Crippen LogP contribution is -2.47. The van der Waals surface area contributed by atoms with Crippen LogP contribution in [0.5, 0.6) is 0 Å². The summed E-state index contributed by atoms with van der Waals surface area (Å²) in [7, 11) is -3.01. The topological polar surface area (TPSA) is 67.3 Å². The van der Waals surface area contributed by atoms with E-state index in [1.807, 2.05) is 29.2 Å². The fourth-order valence-corrected chi connectivity index (χ4v) is 7.04. The van der Waals surface area contributed by atoms with Crippen molar-refractivity contribution in [1.29, 1.82) is 0 Å². The Labute approximate surface area is 170 Å². The van der Waals surface area contributed by atoms with Crippen molar-refractivity contribution in [3.63, 3.8) is 0 Å². The molecule has 0 N–H and O–H groups in total. The number of carbonyl (C=O) groups excluding carboxylic acids is 1. The zero-order valence-electron chi connectivity index (χ0n) is 16.1. The molecule has 150 valence electrons. The molecule has 2 aromatic rings. The molecule has 2 heterocycles. The highest BCUT2D eigenvalue weighted by molar-refractivity contribution is 7.99. The fraction of sp³-hybridized carbons (Fsp3) is 0.524. The van der Waals surface area contributed by atoms with E-state index in [1.54, 1.807) is 0 Å². The van der Waals surface area contributed by atoms with Crippen LogP contribution < -0.4 is 0 Å². The first-order valence-electron chi connectivity index (χ1n) is 9.94. The number of amides is 1. The molecule has 1 aromatic carbocycles. The summed E-state index contributed by atoms with van der Waals surface area (Å²) in [6.07, 6.45) is 4.78. The molecule has 1 saturated carbocycles. The minimum atomic E-state index is -3.01. The second kappa shape index (κ2) is 8.03. The zero-order chi connectivity index (χ0) is 19.7. The molecule has 1 saturated heterocycles. The number of fused-ring (bicyclic) bond motifs is 1. The van der Waals surface area contributed by atoms with Gasteiger partial charge in [0.1, 0.15) is 0 Å². The van der Waals surface area contributed by atoms with Crippen molar-refractivity contribution in [2.45, 2.75) is 56.1 Å². The number of nitrogens with zero attached hydrogens (tertiary/aromatic N) is 2. The lowest BCUT2D eigenvalue weighted by Gasteiger charge is -2.34. The van der Waals surface area contributed by atoms with Gasteiger partial charge in [-0.05, 0) is 43.9 Å². The molecule has 7 heteroatoms. The summed E-state index contributed by atoms with van der Waals surface area (Å²) in [4.78, 5) is 19.7. The Bertz CT molecular complexity index is 984. The highest BCUT2D eigenvalue weighted by Gasteiger charge is 2.38. The van der Waals surface area contributed by atoms with Crippen LogP contribution in [0.2, 0.25) is 0 Å². The lowest BCUT2D eigenvalue weighted by atomic mass is 10.1. The number of sulfone groups is 1. The van der Waals surface area contributed by atoms with Crippen LogP contribution in [0, 0.1) is 6.92 Å². The van der Waals surface area contributed by atoms with Gasteiger partial charge in [-0.1, -0.05) is 42.8 Å². The Balaban J connectivity index is 1.50. The number of pyridine rings is 1. The number of aromatic nitrogens is 1. The average Bonchev–Trinajstić information content (AvgIpc) is 3.30. The van der Waals surface area contributed by atoms with Gasteiger partial charge in [0.05, 0.1) is 27.8 Å². The Hall–Kier alpha value is -1.60. The molecule has 0 radical (unpaired) electrons. The molecule has 1 amide bonds. The highest BCUT2D eigenvalue weighted by atomic mass is 32.2. The van der Waals surface area contributed by atoms with E-state index in [1.165, 1.54) is 11.8 Å². The number of carbonyl (C=O) groups is 1. The van der Waals surface area contributed by atoms with Gasteiger partial charge in [0.25, 0.3) is 0 Å². The Morgan fingerprint density at radius 2 is 1.93 bits per heavy atom. The maximum atomic E-state index is 13.1. The van der Waals surface area contributed by atoms with E-state index in [4.69, 9.17) is 0 Å². The van der Waals surface area contributed by atoms with Crippen molar-refractivity contribution < 1.29 is 13.2 Å². The largest absolute Gasteiger partial charge is 0.335 e. The third kappa shape index (κ3) is 4.20. The van der Waals surface area contributed by atoms with Crippen LogP contribution in [0.4, 0.5) is 0 Å².